The molecule has 222 valence electrons. The van der Waals surface area contributed by atoms with Crippen LogP contribution in [0.4, 0.5) is 5.69 Å². The molecule has 8 nitrogen and oxygen atoms in total. The lowest BCUT2D eigenvalue weighted by Crippen LogP contribution is -2.48. The number of likely N-dealkylation sites (tertiary alicyclic amines) is 2. The van der Waals surface area contributed by atoms with Crippen LogP contribution in [0.25, 0.3) is 0 Å². The van der Waals surface area contributed by atoms with Crippen LogP contribution in [0.5, 0.6) is 0 Å². The molecule has 0 bridgehead atoms. The monoisotopic (exact) mass is 570 g/mol. The molecular weight excluding hydrogens is 528 g/mol. The zero-order chi connectivity index (χ0) is 28.9. The van der Waals surface area contributed by atoms with Crippen molar-refractivity contribution in [2.24, 2.45) is 5.92 Å². The van der Waals surface area contributed by atoms with Crippen LogP contribution in [0.3, 0.4) is 0 Å². The van der Waals surface area contributed by atoms with Gasteiger partial charge in [0.25, 0.3) is 5.91 Å². The molecule has 3 aromatic rings. The van der Waals surface area contributed by atoms with E-state index in [-0.39, 0.29) is 30.6 Å². The van der Waals surface area contributed by atoms with Crippen molar-refractivity contribution in [3.05, 3.63) is 95.3 Å². The smallest absolute Gasteiger partial charge is 0.257 e. The van der Waals surface area contributed by atoms with Gasteiger partial charge in [0, 0.05) is 48.7 Å². The first-order chi connectivity index (χ1) is 20.6. The van der Waals surface area contributed by atoms with Crippen LogP contribution < -0.4 is 5.32 Å². The Morgan fingerprint density at radius 3 is 2.57 bits per heavy atom. The Morgan fingerprint density at radius 2 is 1.81 bits per heavy atom. The fourth-order valence-corrected chi connectivity index (χ4v) is 6.63. The van der Waals surface area contributed by atoms with Gasteiger partial charge < -0.3 is 24.8 Å². The van der Waals surface area contributed by atoms with E-state index in [0.717, 1.165) is 36.3 Å². The Morgan fingerprint density at radius 1 is 0.976 bits per heavy atom. The van der Waals surface area contributed by atoms with Crippen molar-refractivity contribution in [1.82, 2.24) is 14.8 Å². The summed E-state index contributed by atoms with van der Waals surface area (Å²) < 4.78 is 13.4. The molecule has 0 unspecified atom stereocenters. The number of aliphatic hydroxyl groups excluding tert-OH is 1. The van der Waals surface area contributed by atoms with E-state index in [1.165, 1.54) is 38.8 Å². The Balaban J connectivity index is 1.23. The molecule has 2 N–H and O–H groups in total. The summed E-state index contributed by atoms with van der Waals surface area (Å²) in [7, 11) is 0. The lowest BCUT2D eigenvalue weighted by Gasteiger charge is -2.43. The maximum absolute atomic E-state index is 12.8. The predicted octanol–water partition coefficient (Wildman–Crippen LogP) is 5.18. The molecule has 1 amide bonds. The van der Waals surface area contributed by atoms with Gasteiger partial charge in [-0.15, -0.1) is 0 Å². The molecule has 3 aliphatic rings. The molecule has 2 aromatic carbocycles. The van der Waals surface area contributed by atoms with Gasteiger partial charge in [-0.25, -0.2) is 0 Å². The van der Waals surface area contributed by atoms with Crippen molar-refractivity contribution >= 4 is 11.6 Å². The minimum Gasteiger partial charge on any atom is -0.392 e. The molecule has 0 aliphatic carbocycles. The largest absolute Gasteiger partial charge is 0.392 e. The summed E-state index contributed by atoms with van der Waals surface area (Å²) in [5.41, 5.74) is 4.00. The number of rotatable bonds is 9. The molecule has 8 heteroatoms. The zero-order valence-electron chi connectivity index (χ0n) is 24.4. The van der Waals surface area contributed by atoms with E-state index in [9.17, 15) is 9.90 Å². The molecule has 5 atom stereocenters. The maximum atomic E-state index is 12.8. The van der Waals surface area contributed by atoms with Crippen LogP contribution in [-0.4, -0.2) is 70.7 Å². The number of aromatic nitrogens is 1. The molecule has 1 aromatic heterocycles. The van der Waals surface area contributed by atoms with Gasteiger partial charge in [0.05, 0.1) is 24.4 Å². The number of ether oxygens (including phenoxy) is 2. The number of aliphatic hydroxyl groups is 1. The first-order valence-corrected chi connectivity index (χ1v) is 15.4. The van der Waals surface area contributed by atoms with Gasteiger partial charge in [-0.1, -0.05) is 43.3 Å². The van der Waals surface area contributed by atoms with Crippen LogP contribution in [-0.2, 0) is 16.1 Å². The number of benzene rings is 2. The van der Waals surface area contributed by atoms with Crippen molar-refractivity contribution < 1.29 is 19.4 Å². The molecule has 0 saturated carbocycles. The Kier molecular flexibility index (Phi) is 9.27. The fraction of sp³-hybridized carbons (Fsp3) is 0.471. The number of nitrogens with zero attached hydrogens (tertiary/aromatic N) is 3. The molecule has 42 heavy (non-hydrogen) atoms. The van der Waals surface area contributed by atoms with Gasteiger partial charge in [0.1, 0.15) is 0 Å². The highest BCUT2D eigenvalue weighted by atomic mass is 16.7. The Labute approximate surface area is 248 Å². The average Bonchev–Trinajstić information content (AvgIpc) is 3.71. The van der Waals surface area contributed by atoms with E-state index < -0.39 is 6.29 Å². The number of carbonyl (C=O) groups excluding carboxylic acids is 1. The molecule has 0 spiro atoms. The molecule has 3 saturated heterocycles. The Bertz CT molecular complexity index is 1310. The molecular formula is C34H42N4O4. The minimum absolute atomic E-state index is 0.0145. The second-order valence-electron chi connectivity index (χ2n) is 11.9. The van der Waals surface area contributed by atoms with Crippen molar-refractivity contribution in [1.29, 1.82) is 0 Å². The number of anilines is 1. The standard InChI is InChI=1S/C34H42N4O4/c1-24-31(22-38-18-6-10-30(38)21-37-16-2-3-17-37)41-34(42-32(24)26-13-11-25(23-39)12-14-26)27-7-4-9-29(19-27)36-33(40)28-8-5-15-35-20-28/h4-5,7-9,11-15,19-20,24,30-32,34,39H,2-3,6,10,16-18,21-23H2,1H3,(H,36,40)/t24-,30+,31+,32+,34+/m1/s1. The second-order valence-corrected chi connectivity index (χ2v) is 11.9. The molecule has 4 heterocycles. The van der Waals surface area contributed by atoms with Gasteiger partial charge in [0.2, 0.25) is 0 Å². The van der Waals surface area contributed by atoms with Crippen LogP contribution in [0.15, 0.2) is 73.1 Å². The third kappa shape index (κ3) is 6.74. The van der Waals surface area contributed by atoms with Crippen molar-refractivity contribution in [3.8, 4) is 0 Å². The number of carbonyl (C=O) groups is 1. The van der Waals surface area contributed by atoms with E-state index in [1.807, 2.05) is 36.4 Å². The van der Waals surface area contributed by atoms with Crippen LogP contribution in [0.2, 0.25) is 0 Å². The van der Waals surface area contributed by atoms with Crippen molar-refractivity contribution in [2.45, 2.75) is 63.8 Å². The van der Waals surface area contributed by atoms with Crippen molar-refractivity contribution in [2.75, 3.05) is 38.0 Å². The minimum atomic E-state index is -0.580. The predicted molar refractivity (Wildman–Crippen MR) is 162 cm³/mol. The highest BCUT2D eigenvalue weighted by Gasteiger charge is 2.41. The summed E-state index contributed by atoms with van der Waals surface area (Å²) in [4.78, 5) is 22.1. The van der Waals surface area contributed by atoms with E-state index in [4.69, 9.17) is 9.47 Å². The van der Waals surface area contributed by atoms with E-state index in [0.29, 0.717) is 17.3 Å². The summed E-state index contributed by atoms with van der Waals surface area (Å²) >= 11 is 0. The van der Waals surface area contributed by atoms with Gasteiger partial charge in [-0.05, 0) is 80.7 Å². The summed E-state index contributed by atoms with van der Waals surface area (Å²) in [6.07, 6.45) is 7.52. The summed E-state index contributed by atoms with van der Waals surface area (Å²) in [6, 6.07) is 19.8. The number of nitrogens with one attached hydrogen (secondary N) is 1. The van der Waals surface area contributed by atoms with E-state index >= 15 is 0 Å². The number of amides is 1. The average molecular weight is 571 g/mol. The zero-order valence-corrected chi connectivity index (χ0v) is 24.4. The van der Waals surface area contributed by atoms with Crippen molar-refractivity contribution in [3.63, 3.8) is 0 Å². The molecule has 3 fully saturated rings. The quantitative estimate of drug-likeness (QED) is 0.367. The van der Waals surface area contributed by atoms with E-state index in [2.05, 4.69) is 39.2 Å². The third-order valence-corrected chi connectivity index (χ3v) is 9.04. The molecule has 0 radical (unpaired) electrons. The summed E-state index contributed by atoms with van der Waals surface area (Å²) in [6.45, 7) is 7.78. The van der Waals surface area contributed by atoms with Crippen LogP contribution in [0.1, 0.15) is 72.0 Å². The highest BCUT2D eigenvalue weighted by molar-refractivity contribution is 6.04. The Hall–Kier alpha value is -3.14. The second kappa shape index (κ2) is 13.4. The lowest BCUT2D eigenvalue weighted by atomic mass is 9.90. The first kappa shape index (κ1) is 29.0. The molecule has 3 aliphatic heterocycles. The molecule has 6 rings (SSSR count). The third-order valence-electron chi connectivity index (χ3n) is 9.04. The van der Waals surface area contributed by atoms with Crippen LogP contribution >= 0.6 is 0 Å². The van der Waals surface area contributed by atoms with Gasteiger partial charge in [0.15, 0.2) is 6.29 Å². The first-order valence-electron chi connectivity index (χ1n) is 15.4. The maximum Gasteiger partial charge on any atom is 0.257 e. The lowest BCUT2D eigenvalue weighted by molar-refractivity contribution is -0.276. The normalized spacial score (nSPS) is 26.9. The number of hydrogen-bond donors (Lipinski definition) is 2. The van der Waals surface area contributed by atoms with Gasteiger partial charge in [-0.2, -0.15) is 0 Å². The summed E-state index contributed by atoms with van der Waals surface area (Å²) in [5.74, 6) is -0.0834. The van der Waals surface area contributed by atoms with Crippen LogP contribution in [0, 0.1) is 5.92 Å². The summed E-state index contributed by atoms with van der Waals surface area (Å²) in [5, 5.41) is 12.6. The highest BCUT2D eigenvalue weighted by Crippen LogP contribution is 2.42. The van der Waals surface area contributed by atoms with E-state index in [1.54, 1.807) is 24.5 Å². The fourth-order valence-electron chi connectivity index (χ4n) is 6.63. The number of pyridine rings is 1. The topological polar surface area (TPSA) is 87.2 Å². The SMILES string of the molecule is C[C@@H]1[C@H](CN2CCC[C@H]2CN2CCCC2)O[C@H](c2cccc(NC(=O)c3cccnc3)c2)O[C@@H]1c1ccc(CO)cc1. The number of hydrogen-bond acceptors (Lipinski definition) is 7. The van der Waals surface area contributed by atoms with Gasteiger partial charge in [-0.3, -0.25) is 14.7 Å². The van der Waals surface area contributed by atoms with Gasteiger partial charge >= 0.3 is 0 Å².